The Bertz CT molecular complexity index is 311. The Balaban J connectivity index is 2.70. The second-order valence-electron chi connectivity index (χ2n) is 3.71. The quantitative estimate of drug-likeness (QED) is 0.680. The molecule has 0 aliphatic carbocycles. The lowest BCUT2D eigenvalue weighted by Gasteiger charge is -2.18. The summed E-state index contributed by atoms with van der Waals surface area (Å²) in [6, 6.07) is 0. The number of carbonyl (C=O) groups excluding carboxylic acids is 1. The minimum atomic E-state index is -0.437. The molecule has 1 amide bonds. The standard InChI is InChI=1S/C8H12N2O3/c1-8(2,3)10-6(12)7-9-5(11)4-13-7/h4,11H,1-3H3,(H,10,12). The minimum Gasteiger partial charge on any atom is -0.491 e. The second kappa shape index (κ2) is 3.08. The van der Waals surface area contributed by atoms with Crippen LogP contribution in [0.1, 0.15) is 31.5 Å². The lowest BCUT2D eigenvalue weighted by atomic mass is 10.1. The van der Waals surface area contributed by atoms with Crippen LogP contribution >= 0.6 is 0 Å². The van der Waals surface area contributed by atoms with Crippen molar-refractivity contribution in [3.05, 3.63) is 12.2 Å². The summed E-state index contributed by atoms with van der Waals surface area (Å²) in [4.78, 5) is 14.8. The monoisotopic (exact) mass is 184 g/mol. The molecule has 13 heavy (non-hydrogen) atoms. The molecule has 1 aromatic rings. The molecule has 1 heterocycles. The van der Waals surface area contributed by atoms with Crippen LogP contribution in [0.4, 0.5) is 0 Å². The number of oxazole rings is 1. The van der Waals surface area contributed by atoms with Gasteiger partial charge in [-0.2, -0.15) is 4.98 Å². The Morgan fingerprint density at radius 3 is 2.62 bits per heavy atom. The van der Waals surface area contributed by atoms with Gasteiger partial charge in [0.1, 0.15) is 0 Å². The Hall–Kier alpha value is -1.52. The van der Waals surface area contributed by atoms with E-state index in [9.17, 15) is 4.79 Å². The van der Waals surface area contributed by atoms with E-state index in [-0.39, 0.29) is 17.3 Å². The third-order valence-corrected chi connectivity index (χ3v) is 1.17. The van der Waals surface area contributed by atoms with Gasteiger partial charge in [0.05, 0.1) is 0 Å². The molecule has 0 aliphatic rings. The number of hydrogen-bond acceptors (Lipinski definition) is 4. The van der Waals surface area contributed by atoms with Crippen molar-refractivity contribution in [2.24, 2.45) is 0 Å². The fraction of sp³-hybridized carbons (Fsp3) is 0.500. The van der Waals surface area contributed by atoms with Crippen molar-refractivity contribution in [2.75, 3.05) is 0 Å². The largest absolute Gasteiger partial charge is 0.491 e. The van der Waals surface area contributed by atoms with Crippen LogP contribution < -0.4 is 5.32 Å². The highest BCUT2D eigenvalue weighted by Gasteiger charge is 2.19. The third kappa shape index (κ3) is 2.77. The van der Waals surface area contributed by atoms with Crippen LogP contribution in [0, 0.1) is 0 Å². The molecule has 2 N–H and O–H groups in total. The van der Waals surface area contributed by atoms with Crippen molar-refractivity contribution < 1.29 is 14.3 Å². The maximum absolute atomic E-state index is 11.3. The average molecular weight is 184 g/mol. The molecule has 0 saturated carbocycles. The second-order valence-corrected chi connectivity index (χ2v) is 3.71. The molecule has 0 radical (unpaired) electrons. The maximum atomic E-state index is 11.3. The molecule has 0 aromatic carbocycles. The van der Waals surface area contributed by atoms with Crippen molar-refractivity contribution in [1.29, 1.82) is 0 Å². The maximum Gasteiger partial charge on any atom is 0.307 e. The molecule has 0 saturated heterocycles. The number of nitrogens with one attached hydrogen (secondary N) is 1. The minimum absolute atomic E-state index is 0.132. The highest BCUT2D eigenvalue weighted by Crippen LogP contribution is 2.08. The zero-order valence-corrected chi connectivity index (χ0v) is 7.79. The first-order chi connectivity index (χ1) is 5.88. The molecular formula is C8H12N2O3. The van der Waals surface area contributed by atoms with E-state index in [1.165, 1.54) is 0 Å². The number of aromatic nitrogens is 1. The van der Waals surface area contributed by atoms with Crippen LogP contribution in [0.3, 0.4) is 0 Å². The van der Waals surface area contributed by atoms with E-state index < -0.39 is 5.91 Å². The van der Waals surface area contributed by atoms with Gasteiger partial charge in [-0.25, -0.2) is 0 Å². The van der Waals surface area contributed by atoms with Crippen molar-refractivity contribution in [3.8, 4) is 5.88 Å². The van der Waals surface area contributed by atoms with Gasteiger partial charge < -0.3 is 14.8 Å². The van der Waals surface area contributed by atoms with Gasteiger partial charge in [0.25, 0.3) is 11.8 Å². The summed E-state index contributed by atoms with van der Waals surface area (Å²) in [5.41, 5.74) is -0.346. The van der Waals surface area contributed by atoms with E-state index in [2.05, 4.69) is 10.3 Å². The van der Waals surface area contributed by atoms with Gasteiger partial charge in [-0.15, -0.1) is 0 Å². The molecule has 1 aromatic heterocycles. The number of nitrogens with zero attached hydrogens (tertiary/aromatic N) is 1. The van der Waals surface area contributed by atoms with E-state index in [4.69, 9.17) is 9.52 Å². The van der Waals surface area contributed by atoms with Crippen molar-refractivity contribution >= 4 is 5.91 Å². The first-order valence-corrected chi connectivity index (χ1v) is 3.85. The van der Waals surface area contributed by atoms with Gasteiger partial charge in [0.2, 0.25) is 0 Å². The first-order valence-electron chi connectivity index (χ1n) is 3.85. The van der Waals surface area contributed by atoms with Crippen LogP contribution in [-0.4, -0.2) is 21.5 Å². The fourth-order valence-corrected chi connectivity index (χ4v) is 0.764. The Labute approximate surface area is 75.8 Å². The summed E-state index contributed by atoms with van der Waals surface area (Å²) in [7, 11) is 0. The summed E-state index contributed by atoms with van der Waals surface area (Å²) in [5, 5.41) is 11.5. The molecule has 1 rings (SSSR count). The van der Waals surface area contributed by atoms with Crippen LogP contribution in [0.2, 0.25) is 0 Å². The van der Waals surface area contributed by atoms with Crippen LogP contribution in [0.5, 0.6) is 5.88 Å². The third-order valence-electron chi connectivity index (χ3n) is 1.17. The molecule has 5 heteroatoms. The Kier molecular flexibility index (Phi) is 2.27. The van der Waals surface area contributed by atoms with Crippen LogP contribution in [0.15, 0.2) is 10.7 Å². The van der Waals surface area contributed by atoms with Gasteiger partial charge in [-0.05, 0) is 20.8 Å². The Morgan fingerprint density at radius 2 is 2.23 bits per heavy atom. The van der Waals surface area contributed by atoms with Gasteiger partial charge >= 0.3 is 5.91 Å². The summed E-state index contributed by atoms with van der Waals surface area (Å²) in [6.45, 7) is 5.52. The highest BCUT2D eigenvalue weighted by molar-refractivity contribution is 5.90. The number of carbonyl (C=O) groups is 1. The fourth-order valence-electron chi connectivity index (χ4n) is 0.764. The number of aromatic hydroxyl groups is 1. The topological polar surface area (TPSA) is 75.4 Å². The van der Waals surface area contributed by atoms with Gasteiger partial charge in [-0.3, -0.25) is 4.79 Å². The van der Waals surface area contributed by atoms with E-state index >= 15 is 0 Å². The summed E-state index contributed by atoms with van der Waals surface area (Å²) in [5.74, 6) is -0.862. The Morgan fingerprint density at radius 1 is 1.62 bits per heavy atom. The molecule has 0 atom stereocenters. The normalized spacial score (nSPS) is 11.3. The van der Waals surface area contributed by atoms with Crippen molar-refractivity contribution in [2.45, 2.75) is 26.3 Å². The molecule has 72 valence electrons. The average Bonchev–Trinajstić information content (AvgIpc) is 2.31. The number of hydrogen-bond donors (Lipinski definition) is 2. The molecule has 0 unspecified atom stereocenters. The molecule has 0 aliphatic heterocycles. The number of rotatable bonds is 1. The van der Waals surface area contributed by atoms with E-state index in [1.54, 1.807) is 0 Å². The highest BCUT2D eigenvalue weighted by atomic mass is 16.4. The van der Waals surface area contributed by atoms with E-state index in [0.717, 1.165) is 6.26 Å². The lowest BCUT2D eigenvalue weighted by molar-refractivity contribution is 0.0883. The smallest absolute Gasteiger partial charge is 0.307 e. The first kappa shape index (κ1) is 9.57. The lowest BCUT2D eigenvalue weighted by Crippen LogP contribution is -2.40. The predicted octanol–water partition coefficient (Wildman–Crippen LogP) is 0.909. The molecule has 5 nitrogen and oxygen atoms in total. The zero-order valence-electron chi connectivity index (χ0n) is 7.79. The van der Waals surface area contributed by atoms with Crippen molar-refractivity contribution in [1.82, 2.24) is 10.3 Å². The molecular weight excluding hydrogens is 172 g/mol. The van der Waals surface area contributed by atoms with Crippen LogP contribution in [-0.2, 0) is 0 Å². The molecule has 0 bridgehead atoms. The van der Waals surface area contributed by atoms with Gasteiger partial charge in [0.15, 0.2) is 6.26 Å². The summed E-state index contributed by atoms with van der Waals surface area (Å²) in [6.07, 6.45) is 1.01. The van der Waals surface area contributed by atoms with E-state index in [1.807, 2.05) is 20.8 Å². The van der Waals surface area contributed by atoms with Crippen LogP contribution in [0.25, 0.3) is 0 Å². The van der Waals surface area contributed by atoms with E-state index in [0.29, 0.717) is 0 Å². The molecule has 0 fully saturated rings. The zero-order chi connectivity index (χ0) is 10.1. The SMILES string of the molecule is CC(C)(C)NC(=O)c1nc(O)co1. The summed E-state index contributed by atoms with van der Waals surface area (Å²) >= 11 is 0. The number of amides is 1. The van der Waals surface area contributed by atoms with Gasteiger partial charge in [-0.1, -0.05) is 0 Å². The molecule has 0 spiro atoms. The van der Waals surface area contributed by atoms with Crippen molar-refractivity contribution in [3.63, 3.8) is 0 Å². The van der Waals surface area contributed by atoms with Gasteiger partial charge in [0, 0.05) is 5.54 Å². The predicted molar refractivity (Wildman–Crippen MR) is 45.4 cm³/mol. The summed E-state index contributed by atoms with van der Waals surface area (Å²) < 4.78 is 4.70.